The number of nitrogens with one attached hydrogen (secondary N) is 1. The first-order valence-corrected chi connectivity index (χ1v) is 10.8. The lowest BCUT2D eigenvalue weighted by atomic mass is 9.87. The molecule has 2 aliphatic rings. The molecule has 0 radical (unpaired) electrons. The Morgan fingerprint density at radius 3 is 2.63 bits per heavy atom. The summed E-state index contributed by atoms with van der Waals surface area (Å²) < 4.78 is 31.4. The van der Waals surface area contributed by atoms with Gasteiger partial charge in [0, 0.05) is 13.1 Å². The Kier molecular flexibility index (Phi) is 5.56. The maximum atomic E-state index is 12.8. The fraction of sp³-hybridized carbons (Fsp3) is 0.579. The zero-order valence-electron chi connectivity index (χ0n) is 15.6. The van der Waals surface area contributed by atoms with Crippen LogP contribution in [0, 0.1) is 25.2 Å². The quantitative estimate of drug-likeness (QED) is 0.755. The molecule has 3 rings (SSSR count). The van der Waals surface area contributed by atoms with Crippen molar-refractivity contribution in [2.75, 3.05) is 13.1 Å². The summed E-state index contributed by atoms with van der Waals surface area (Å²) in [4.78, 5) is 14.5. The highest BCUT2D eigenvalue weighted by atomic mass is 32.2. The van der Waals surface area contributed by atoms with Gasteiger partial charge in [0.15, 0.2) is 0 Å². The molecule has 0 bridgehead atoms. The molecular weight excluding hydrogens is 366 g/mol. The van der Waals surface area contributed by atoms with Gasteiger partial charge in [-0.3, -0.25) is 9.35 Å². The summed E-state index contributed by atoms with van der Waals surface area (Å²) >= 11 is 0. The minimum Gasteiger partial charge on any atom is -0.325 e. The number of hydrogen-bond donors (Lipinski definition) is 2. The SMILES string of the molecule is Cc1cc(CS(=O)(=O)O)cc(C)c1[C@@H]1CN[C@H](C(=O)N2CCC[C@H]2C#N)C1. The molecule has 2 saturated heterocycles. The van der Waals surface area contributed by atoms with Crippen LogP contribution in [0.15, 0.2) is 12.1 Å². The topological polar surface area (TPSA) is 110 Å². The number of benzene rings is 1. The normalized spacial score (nSPS) is 25.6. The van der Waals surface area contributed by atoms with E-state index in [1.807, 2.05) is 13.8 Å². The molecule has 0 spiro atoms. The molecule has 146 valence electrons. The molecule has 2 N–H and O–H groups in total. The van der Waals surface area contributed by atoms with Crippen LogP contribution in [0.1, 0.15) is 47.4 Å². The molecule has 7 nitrogen and oxygen atoms in total. The lowest BCUT2D eigenvalue weighted by Gasteiger charge is -2.23. The maximum Gasteiger partial charge on any atom is 0.269 e. The van der Waals surface area contributed by atoms with Crippen molar-refractivity contribution in [1.82, 2.24) is 10.2 Å². The number of carbonyl (C=O) groups excluding carboxylic acids is 1. The Balaban J connectivity index is 1.75. The van der Waals surface area contributed by atoms with Gasteiger partial charge in [0.05, 0.1) is 12.1 Å². The Labute approximate surface area is 160 Å². The van der Waals surface area contributed by atoms with Crippen molar-refractivity contribution in [3.63, 3.8) is 0 Å². The molecule has 2 heterocycles. The Bertz CT molecular complexity index is 868. The van der Waals surface area contributed by atoms with E-state index < -0.39 is 15.9 Å². The number of nitriles is 1. The van der Waals surface area contributed by atoms with E-state index in [0.29, 0.717) is 25.1 Å². The Morgan fingerprint density at radius 2 is 2.04 bits per heavy atom. The van der Waals surface area contributed by atoms with Crippen LogP contribution in [-0.4, -0.2) is 49.0 Å². The summed E-state index contributed by atoms with van der Waals surface area (Å²) in [5.41, 5.74) is 3.60. The number of hydrogen-bond acceptors (Lipinski definition) is 5. The molecule has 0 aromatic heterocycles. The van der Waals surface area contributed by atoms with Crippen LogP contribution in [0.2, 0.25) is 0 Å². The second-order valence-electron chi connectivity index (χ2n) is 7.58. The van der Waals surface area contributed by atoms with Gasteiger partial charge in [-0.15, -0.1) is 0 Å². The van der Waals surface area contributed by atoms with Crippen LogP contribution in [-0.2, 0) is 20.7 Å². The van der Waals surface area contributed by atoms with Gasteiger partial charge in [0.25, 0.3) is 10.1 Å². The predicted octanol–water partition coefficient (Wildman–Crippen LogP) is 1.65. The first kappa shape index (κ1) is 19.8. The molecule has 27 heavy (non-hydrogen) atoms. The second-order valence-corrected chi connectivity index (χ2v) is 9.03. The monoisotopic (exact) mass is 391 g/mol. The molecule has 1 amide bonds. The molecule has 0 unspecified atom stereocenters. The number of aryl methyl sites for hydroxylation is 2. The summed E-state index contributed by atoms with van der Waals surface area (Å²) in [6, 6.07) is 5.18. The van der Waals surface area contributed by atoms with E-state index in [2.05, 4.69) is 11.4 Å². The van der Waals surface area contributed by atoms with E-state index in [0.717, 1.165) is 29.5 Å². The Morgan fingerprint density at radius 1 is 1.37 bits per heavy atom. The third kappa shape index (κ3) is 4.32. The van der Waals surface area contributed by atoms with E-state index in [1.54, 1.807) is 17.0 Å². The van der Waals surface area contributed by atoms with Crippen LogP contribution in [0.25, 0.3) is 0 Å². The summed E-state index contributed by atoms with van der Waals surface area (Å²) in [5.74, 6) is -0.245. The van der Waals surface area contributed by atoms with Crippen molar-refractivity contribution in [3.05, 3.63) is 34.4 Å². The molecular formula is C19H25N3O4S. The zero-order chi connectivity index (χ0) is 19.8. The predicted molar refractivity (Wildman–Crippen MR) is 101 cm³/mol. The smallest absolute Gasteiger partial charge is 0.269 e. The summed E-state index contributed by atoms with van der Waals surface area (Å²) in [6.45, 7) is 5.16. The van der Waals surface area contributed by atoms with E-state index >= 15 is 0 Å². The first-order chi connectivity index (χ1) is 12.7. The number of likely N-dealkylation sites (tertiary alicyclic amines) is 1. The number of amides is 1. The molecule has 0 saturated carbocycles. The summed E-state index contributed by atoms with van der Waals surface area (Å²) in [5, 5.41) is 12.5. The van der Waals surface area contributed by atoms with Crippen molar-refractivity contribution in [3.8, 4) is 6.07 Å². The first-order valence-electron chi connectivity index (χ1n) is 9.18. The van der Waals surface area contributed by atoms with Gasteiger partial charge in [-0.25, -0.2) is 0 Å². The zero-order valence-corrected chi connectivity index (χ0v) is 16.4. The maximum absolute atomic E-state index is 12.8. The number of rotatable bonds is 4. The van der Waals surface area contributed by atoms with Crippen molar-refractivity contribution < 1.29 is 17.8 Å². The summed E-state index contributed by atoms with van der Waals surface area (Å²) in [6.07, 6.45) is 2.27. The molecule has 1 aromatic rings. The van der Waals surface area contributed by atoms with Gasteiger partial charge < -0.3 is 10.2 Å². The van der Waals surface area contributed by atoms with Crippen molar-refractivity contribution in [2.45, 2.75) is 56.9 Å². The largest absolute Gasteiger partial charge is 0.325 e. The van der Waals surface area contributed by atoms with E-state index in [4.69, 9.17) is 4.55 Å². The van der Waals surface area contributed by atoms with Gasteiger partial charge >= 0.3 is 0 Å². The molecule has 1 aromatic carbocycles. The van der Waals surface area contributed by atoms with Crippen molar-refractivity contribution >= 4 is 16.0 Å². The van der Waals surface area contributed by atoms with E-state index in [-0.39, 0.29) is 23.9 Å². The highest BCUT2D eigenvalue weighted by Crippen LogP contribution is 2.33. The van der Waals surface area contributed by atoms with Crippen LogP contribution < -0.4 is 5.32 Å². The highest BCUT2D eigenvalue weighted by Gasteiger charge is 2.38. The number of carbonyl (C=O) groups is 1. The summed E-state index contributed by atoms with van der Waals surface area (Å²) in [7, 11) is -4.07. The van der Waals surface area contributed by atoms with Crippen LogP contribution in [0.4, 0.5) is 0 Å². The van der Waals surface area contributed by atoms with Crippen molar-refractivity contribution in [1.29, 1.82) is 5.26 Å². The van der Waals surface area contributed by atoms with Gasteiger partial charge in [-0.1, -0.05) is 12.1 Å². The number of nitrogens with zero attached hydrogens (tertiary/aromatic N) is 2. The average molecular weight is 391 g/mol. The van der Waals surface area contributed by atoms with Crippen molar-refractivity contribution in [2.24, 2.45) is 0 Å². The van der Waals surface area contributed by atoms with Crippen LogP contribution in [0.5, 0.6) is 0 Å². The van der Waals surface area contributed by atoms with E-state index in [1.165, 1.54) is 0 Å². The van der Waals surface area contributed by atoms with Gasteiger partial charge in [0.2, 0.25) is 5.91 Å². The molecule has 2 fully saturated rings. The fourth-order valence-corrected chi connectivity index (χ4v) is 5.10. The minimum atomic E-state index is -4.07. The lowest BCUT2D eigenvalue weighted by Crippen LogP contribution is -2.45. The fourth-order valence-electron chi connectivity index (χ4n) is 4.51. The lowest BCUT2D eigenvalue weighted by molar-refractivity contribution is -0.133. The average Bonchev–Trinajstić information content (AvgIpc) is 3.21. The molecule has 0 aliphatic carbocycles. The van der Waals surface area contributed by atoms with E-state index in [9.17, 15) is 18.5 Å². The standard InChI is InChI=1S/C19H25N3O4S/c1-12-6-14(11-27(24,25)26)7-13(2)18(12)15-8-17(21-10-15)19(23)22-5-3-4-16(22)9-20/h6-7,15-17,21H,3-5,8,10-11H2,1-2H3,(H,24,25,26)/t15-,16-,17-/m0/s1. The Hall–Kier alpha value is -1.95. The third-order valence-corrected chi connectivity index (χ3v) is 6.22. The third-order valence-electron chi connectivity index (χ3n) is 5.52. The van der Waals surface area contributed by atoms with Crippen LogP contribution in [0.3, 0.4) is 0 Å². The molecule has 8 heteroatoms. The minimum absolute atomic E-state index is 0.000139. The van der Waals surface area contributed by atoms with Gasteiger partial charge in [0.1, 0.15) is 11.8 Å². The van der Waals surface area contributed by atoms with Crippen LogP contribution >= 0.6 is 0 Å². The highest BCUT2D eigenvalue weighted by molar-refractivity contribution is 7.85. The molecule has 2 aliphatic heterocycles. The van der Waals surface area contributed by atoms with Gasteiger partial charge in [-0.2, -0.15) is 13.7 Å². The van der Waals surface area contributed by atoms with Gasteiger partial charge in [-0.05, 0) is 61.3 Å². The second kappa shape index (κ2) is 7.58. The molecule has 3 atom stereocenters.